The third kappa shape index (κ3) is 4.17. The molecule has 3 nitrogen and oxygen atoms in total. The number of hydrogen-bond donors (Lipinski definition) is 1. The zero-order chi connectivity index (χ0) is 13.7. The smallest absolute Gasteiger partial charge is 0.122 e. The van der Waals surface area contributed by atoms with Gasteiger partial charge in [-0.3, -0.25) is 0 Å². The standard InChI is InChI=1S/C15H16BrNO2/c1-11-10-14(6-7-15(11)17)19-9-8-18-13-4-2-12(16)3-5-13/h2-7,10H,8-9,17H2,1H3. The van der Waals surface area contributed by atoms with Gasteiger partial charge in [-0.05, 0) is 55.0 Å². The molecule has 0 spiro atoms. The molecule has 0 radical (unpaired) electrons. The van der Waals surface area contributed by atoms with E-state index in [1.54, 1.807) is 0 Å². The molecule has 4 heteroatoms. The van der Waals surface area contributed by atoms with Gasteiger partial charge in [0.1, 0.15) is 24.7 Å². The number of hydrogen-bond acceptors (Lipinski definition) is 3. The normalized spacial score (nSPS) is 10.2. The minimum atomic E-state index is 0.499. The lowest BCUT2D eigenvalue weighted by Gasteiger charge is -2.09. The maximum atomic E-state index is 5.75. The van der Waals surface area contributed by atoms with Gasteiger partial charge in [0.05, 0.1) is 0 Å². The summed E-state index contributed by atoms with van der Waals surface area (Å²) in [6.07, 6.45) is 0. The monoisotopic (exact) mass is 321 g/mol. The van der Waals surface area contributed by atoms with Crippen LogP contribution in [0.5, 0.6) is 11.5 Å². The van der Waals surface area contributed by atoms with Gasteiger partial charge in [0.2, 0.25) is 0 Å². The highest BCUT2D eigenvalue weighted by Crippen LogP contribution is 2.19. The van der Waals surface area contributed by atoms with Crippen molar-refractivity contribution in [2.45, 2.75) is 6.92 Å². The Kier molecular flexibility index (Phi) is 4.68. The van der Waals surface area contributed by atoms with E-state index in [1.165, 1.54) is 0 Å². The maximum Gasteiger partial charge on any atom is 0.122 e. The van der Waals surface area contributed by atoms with Gasteiger partial charge in [0.15, 0.2) is 0 Å². The highest BCUT2D eigenvalue weighted by atomic mass is 79.9. The maximum absolute atomic E-state index is 5.75. The molecule has 0 unspecified atom stereocenters. The van der Waals surface area contributed by atoms with Gasteiger partial charge >= 0.3 is 0 Å². The molecule has 0 aliphatic rings. The molecule has 0 aliphatic carbocycles. The molecule has 2 aromatic carbocycles. The van der Waals surface area contributed by atoms with Crippen molar-refractivity contribution in [2.24, 2.45) is 0 Å². The fourth-order valence-electron chi connectivity index (χ4n) is 1.59. The molecule has 0 heterocycles. The predicted octanol–water partition coefficient (Wildman–Crippen LogP) is 3.80. The first-order valence-electron chi connectivity index (χ1n) is 6.02. The average molecular weight is 322 g/mol. The van der Waals surface area contributed by atoms with Crippen molar-refractivity contribution < 1.29 is 9.47 Å². The molecule has 2 aromatic rings. The van der Waals surface area contributed by atoms with E-state index in [-0.39, 0.29) is 0 Å². The molecule has 0 saturated carbocycles. The molecular formula is C15H16BrNO2. The van der Waals surface area contributed by atoms with E-state index >= 15 is 0 Å². The Morgan fingerprint density at radius 3 is 2.16 bits per heavy atom. The van der Waals surface area contributed by atoms with E-state index in [4.69, 9.17) is 15.2 Å². The molecule has 0 saturated heterocycles. The Bertz CT molecular complexity index is 540. The van der Waals surface area contributed by atoms with Crippen molar-refractivity contribution in [1.29, 1.82) is 0 Å². The molecule has 19 heavy (non-hydrogen) atoms. The molecule has 2 N–H and O–H groups in total. The Labute approximate surface area is 121 Å². The van der Waals surface area contributed by atoms with Crippen molar-refractivity contribution in [2.75, 3.05) is 18.9 Å². The number of benzene rings is 2. The first-order valence-corrected chi connectivity index (χ1v) is 6.82. The van der Waals surface area contributed by atoms with Crippen LogP contribution in [0.25, 0.3) is 0 Å². The van der Waals surface area contributed by atoms with Crippen molar-refractivity contribution in [3.8, 4) is 11.5 Å². The van der Waals surface area contributed by atoms with Crippen molar-refractivity contribution in [3.05, 3.63) is 52.5 Å². The third-order valence-electron chi connectivity index (χ3n) is 2.68. The van der Waals surface area contributed by atoms with Crippen LogP contribution in [-0.4, -0.2) is 13.2 Å². The number of nitrogens with two attached hydrogens (primary N) is 1. The van der Waals surface area contributed by atoms with Crippen LogP contribution in [0.4, 0.5) is 5.69 Å². The molecule has 0 atom stereocenters. The number of ether oxygens (including phenoxy) is 2. The van der Waals surface area contributed by atoms with Crippen LogP contribution in [-0.2, 0) is 0 Å². The van der Waals surface area contributed by atoms with E-state index in [9.17, 15) is 0 Å². The molecule has 2 rings (SSSR count). The van der Waals surface area contributed by atoms with Crippen LogP contribution >= 0.6 is 15.9 Å². The molecule has 0 fully saturated rings. The van der Waals surface area contributed by atoms with Gasteiger partial charge in [-0.15, -0.1) is 0 Å². The van der Waals surface area contributed by atoms with E-state index in [0.717, 1.165) is 27.2 Å². The summed E-state index contributed by atoms with van der Waals surface area (Å²) in [7, 11) is 0. The van der Waals surface area contributed by atoms with Crippen molar-refractivity contribution >= 4 is 21.6 Å². The fraction of sp³-hybridized carbons (Fsp3) is 0.200. The zero-order valence-corrected chi connectivity index (χ0v) is 12.3. The molecule has 100 valence electrons. The van der Waals surface area contributed by atoms with Gasteiger partial charge in [-0.1, -0.05) is 15.9 Å². The van der Waals surface area contributed by atoms with Gasteiger partial charge in [-0.25, -0.2) is 0 Å². The summed E-state index contributed by atoms with van der Waals surface area (Å²) < 4.78 is 12.2. The SMILES string of the molecule is Cc1cc(OCCOc2ccc(Br)cc2)ccc1N. The Morgan fingerprint density at radius 1 is 0.947 bits per heavy atom. The topological polar surface area (TPSA) is 44.5 Å². The molecule has 0 amide bonds. The lowest BCUT2D eigenvalue weighted by molar-refractivity contribution is 0.217. The predicted molar refractivity (Wildman–Crippen MR) is 80.7 cm³/mol. The molecule has 0 aliphatic heterocycles. The first-order chi connectivity index (χ1) is 9.15. The van der Waals surface area contributed by atoms with Gasteiger partial charge in [-0.2, -0.15) is 0 Å². The summed E-state index contributed by atoms with van der Waals surface area (Å²) in [5.74, 6) is 1.64. The Balaban J connectivity index is 1.77. The van der Waals surface area contributed by atoms with E-state index in [2.05, 4.69) is 15.9 Å². The molecular weight excluding hydrogens is 306 g/mol. The quantitative estimate of drug-likeness (QED) is 0.673. The minimum Gasteiger partial charge on any atom is -0.490 e. The summed E-state index contributed by atoms with van der Waals surface area (Å²) >= 11 is 3.38. The van der Waals surface area contributed by atoms with Crippen molar-refractivity contribution in [1.82, 2.24) is 0 Å². The molecule has 0 aromatic heterocycles. The van der Waals surface area contributed by atoms with Crippen LogP contribution in [0.2, 0.25) is 0 Å². The second-order valence-corrected chi connectivity index (χ2v) is 5.08. The third-order valence-corrected chi connectivity index (χ3v) is 3.20. The highest BCUT2D eigenvalue weighted by molar-refractivity contribution is 9.10. The van der Waals surface area contributed by atoms with Crippen LogP contribution < -0.4 is 15.2 Å². The number of rotatable bonds is 5. The lowest BCUT2D eigenvalue weighted by atomic mass is 10.2. The summed E-state index contributed by atoms with van der Waals surface area (Å²) in [5.41, 5.74) is 7.54. The van der Waals surface area contributed by atoms with Gasteiger partial charge < -0.3 is 15.2 Å². The van der Waals surface area contributed by atoms with Crippen LogP contribution in [0.3, 0.4) is 0 Å². The number of halogens is 1. The van der Waals surface area contributed by atoms with Crippen LogP contribution in [0.15, 0.2) is 46.9 Å². The Hall–Kier alpha value is -1.68. The number of aryl methyl sites for hydroxylation is 1. The largest absolute Gasteiger partial charge is 0.490 e. The first kappa shape index (κ1) is 13.7. The van der Waals surface area contributed by atoms with E-state index in [0.29, 0.717) is 13.2 Å². The number of nitrogen functional groups attached to an aromatic ring is 1. The second kappa shape index (κ2) is 6.48. The lowest BCUT2D eigenvalue weighted by Crippen LogP contribution is -2.09. The summed E-state index contributed by atoms with van der Waals surface area (Å²) in [6, 6.07) is 13.4. The summed E-state index contributed by atoms with van der Waals surface area (Å²) in [4.78, 5) is 0. The van der Waals surface area contributed by atoms with E-state index < -0.39 is 0 Å². The fourth-order valence-corrected chi connectivity index (χ4v) is 1.85. The van der Waals surface area contributed by atoms with Crippen LogP contribution in [0.1, 0.15) is 5.56 Å². The van der Waals surface area contributed by atoms with E-state index in [1.807, 2.05) is 49.4 Å². The highest BCUT2D eigenvalue weighted by Gasteiger charge is 1.98. The second-order valence-electron chi connectivity index (χ2n) is 4.17. The van der Waals surface area contributed by atoms with Crippen LogP contribution in [0, 0.1) is 6.92 Å². The van der Waals surface area contributed by atoms with Gasteiger partial charge in [0.25, 0.3) is 0 Å². The zero-order valence-electron chi connectivity index (χ0n) is 10.7. The van der Waals surface area contributed by atoms with Gasteiger partial charge in [0, 0.05) is 10.2 Å². The summed E-state index contributed by atoms with van der Waals surface area (Å²) in [5, 5.41) is 0. The molecule has 0 bridgehead atoms. The Morgan fingerprint density at radius 2 is 1.53 bits per heavy atom. The minimum absolute atomic E-state index is 0.499. The van der Waals surface area contributed by atoms with Crippen molar-refractivity contribution in [3.63, 3.8) is 0 Å². The number of anilines is 1. The summed E-state index contributed by atoms with van der Waals surface area (Å²) in [6.45, 7) is 2.96. The average Bonchev–Trinajstić information content (AvgIpc) is 2.41.